The average Bonchev–Trinajstić information content (AvgIpc) is 2.75. The highest BCUT2D eigenvalue weighted by Gasteiger charge is 2.03. The second kappa shape index (κ2) is 7.08. The van der Waals surface area contributed by atoms with E-state index in [4.69, 9.17) is 16.3 Å². The van der Waals surface area contributed by atoms with E-state index in [-0.39, 0.29) is 0 Å². The largest absolute Gasteiger partial charge is 0.381 e. The molecule has 1 aromatic carbocycles. The van der Waals surface area contributed by atoms with Gasteiger partial charge in [-0.3, -0.25) is 0 Å². The first-order valence-corrected chi connectivity index (χ1v) is 7.72. The summed E-state index contributed by atoms with van der Waals surface area (Å²) < 4.78 is 6.65. The van der Waals surface area contributed by atoms with E-state index in [0.717, 1.165) is 46.6 Å². The molecule has 2 aromatic rings. The molecule has 104 valence electrons. The molecule has 0 fully saturated rings. The number of ether oxygens (including phenoxy) is 1. The van der Waals surface area contributed by atoms with E-state index in [1.54, 1.807) is 11.3 Å². The Hall–Kier alpha value is -0.840. The Kier molecular flexibility index (Phi) is 5.43. The first kappa shape index (κ1) is 14.6. The van der Waals surface area contributed by atoms with Crippen molar-refractivity contribution in [1.29, 1.82) is 0 Å². The van der Waals surface area contributed by atoms with Crippen LogP contribution in [-0.4, -0.2) is 24.7 Å². The number of rotatable bonds is 7. The number of nitrogens with one attached hydrogen (secondary N) is 1. The van der Waals surface area contributed by atoms with Gasteiger partial charge in [-0.05, 0) is 30.5 Å². The molecular formula is C14H19ClN2OS. The molecule has 0 spiro atoms. The van der Waals surface area contributed by atoms with Gasteiger partial charge in [-0.25, -0.2) is 4.98 Å². The molecule has 0 aliphatic heterocycles. The smallest absolute Gasteiger partial charge is 0.183 e. The van der Waals surface area contributed by atoms with E-state index in [2.05, 4.69) is 24.1 Å². The van der Waals surface area contributed by atoms with Gasteiger partial charge in [-0.1, -0.05) is 36.8 Å². The predicted molar refractivity (Wildman–Crippen MR) is 83.4 cm³/mol. The van der Waals surface area contributed by atoms with Gasteiger partial charge >= 0.3 is 0 Å². The van der Waals surface area contributed by atoms with E-state index in [9.17, 15) is 0 Å². The number of anilines is 1. The molecule has 5 heteroatoms. The fourth-order valence-electron chi connectivity index (χ4n) is 1.66. The lowest BCUT2D eigenvalue weighted by Gasteiger charge is -2.06. The van der Waals surface area contributed by atoms with Gasteiger partial charge in [0.1, 0.15) is 0 Å². The molecule has 0 atom stereocenters. The summed E-state index contributed by atoms with van der Waals surface area (Å²) in [4.78, 5) is 4.51. The SMILES string of the molecule is CC(C)COCCCNc1nc2ccc(Cl)cc2s1. The van der Waals surface area contributed by atoms with Crippen molar-refractivity contribution in [3.63, 3.8) is 0 Å². The van der Waals surface area contributed by atoms with Gasteiger partial charge in [0.05, 0.1) is 10.2 Å². The van der Waals surface area contributed by atoms with Crippen molar-refractivity contribution in [2.24, 2.45) is 5.92 Å². The summed E-state index contributed by atoms with van der Waals surface area (Å²) in [7, 11) is 0. The molecule has 0 aliphatic carbocycles. The Bertz CT molecular complexity index is 527. The summed E-state index contributed by atoms with van der Waals surface area (Å²) >= 11 is 7.59. The molecule has 2 rings (SSSR count). The number of hydrogen-bond donors (Lipinski definition) is 1. The van der Waals surface area contributed by atoms with Crippen LogP contribution in [0.2, 0.25) is 5.02 Å². The number of thiazole rings is 1. The van der Waals surface area contributed by atoms with Gasteiger partial charge in [0.25, 0.3) is 0 Å². The third kappa shape index (κ3) is 4.64. The number of fused-ring (bicyclic) bond motifs is 1. The molecule has 19 heavy (non-hydrogen) atoms. The maximum absolute atomic E-state index is 5.96. The summed E-state index contributed by atoms with van der Waals surface area (Å²) in [5.41, 5.74) is 0.993. The van der Waals surface area contributed by atoms with Crippen molar-refractivity contribution in [3.8, 4) is 0 Å². The minimum Gasteiger partial charge on any atom is -0.381 e. The lowest BCUT2D eigenvalue weighted by atomic mass is 10.2. The van der Waals surface area contributed by atoms with Crippen LogP contribution in [-0.2, 0) is 4.74 Å². The van der Waals surface area contributed by atoms with Crippen molar-refractivity contribution in [2.75, 3.05) is 25.1 Å². The molecule has 0 saturated carbocycles. The zero-order chi connectivity index (χ0) is 13.7. The minimum atomic E-state index is 0.599. The quantitative estimate of drug-likeness (QED) is 0.768. The fraction of sp³-hybridized carbons (Fsp3) is 0.500. The van der Waals surface area contributed by atoms with Gasteiger partial charge in [0, 0.05) is 24.8 Å². The summed E-state index contributed by atoms with van der Waals surface area (Å²) in [6.07, 6.45) is 0.989. The molecule has 1 heterocycles. The third-order valence-corrected chi connectivity index (χ3v) is 3.75. The molecule has 1 aromatic heterocycles. The third-order valence-electron chi connectivity index (χ3n) is 2.54. The monoisotopic (exact) mass is 298 g/mol. The first-order valence-electron chi connectivity index (χ1n) is 6.53. The Morgan fingerprint density at radius 1 is 1.42 bits per heavy atom. The van der Waals surface area contributed by atoms with Crippen LogP contribution < -0.4 is 5.32 Å². The molecule has 1 N–H and O–H groups in total. The molecule has 0 aliphatic rings. The van der Waals surface area contributed by atoms with Crippen LogP contribution in [0.25, 0.3) is 10.2 Å². The minimum absolute atomic E-state index is 0.599. The highest BCUT2D eigenvalue weighted by molar-refractivity contribution is 7.22. The molecule has 0 amide bonds. The first-order chi connectivity index (χ1) is 9.15. The summed E-state index contributed by atoms with van der Waals surface area (Å²) in [6.45, 7) is 6.82. The zero-order valence-electron chi connectivity index (χ0n) is 11.3. The molecular weight excluding hydrogens is 280 g/mol. The molecule has 0 unspecified atom stereocenters. The number of benzene rings is 1. The van der Waals surface area contributed by atoms with E-state index >= 15 is 0 Å². The Balaban J connectivity index is 1.75. The summed E-state index contributed by atoms with van der Waals surface area (Å²) in [6, 6.07) is 5.77. The highest BCUT2D eigenvalue weighted by Crippen LogP contribution is 2.28. The predicted octanol–water partition coefficient (Wildman–Crippen LogP) is 4.42. The normalized spacial score (nSPS) is 11.4. The zero-order valence-corrected chi connectivity index (χ0v) is 12.9. The summed E-state index contributed by atoms with van der Waals surface area (Å²) in [5.74, 6) is 0.599. The van der Waals surface area contributed by atoms with Crippen LogP contribution in [0.15, 0.2) is 18.2 Å². The number of nitrogens with zero attached hydrogens (tertiary/aromatic N) is 1. The van der Waals surface area contributed by atoms with Crippen molar-refractivity contribution in [1.82, 2.24) is 4.98 Å². The van der Waals surface area contributed by atoms with Crippen LogP contribution in [0.4, 0.5) is 5.13 Å². The fourth-order valence-corrected chi connectivity index (χ4v) is 2.83. The van der Waals surface area contributed by atoms with Crippen LogP contribution in [0.1, 0.15) is 20.3 Å². The lowest BCUT2D eigenvalue weighted by Crippen LogP contribution is -2.08. The second-order valence-electron chi connectivity index (χ2n) is 4.88. The molecule has 0 radical (unpaired) electrons. The van der Waals surface area contributed by atoms with Crippen molar-refractivity contribution >= 4 is 38.3 Å². The van der Waals surface area contributed by atoms with Crippen molar-refractivity contribution in [2.45, 2.75) is 20.3 Å². The van der Waals surface area contributed by atoms with E-state index in [1.165, 1.54) is 0 Å². The van der Waals surface area contributed by atoms with Gasteiger partial charge in [-0.2, -0.15) is 0 Å². The van der Waals surface area contributed by atoms with E-state index < -0.39 is 0 Å². The summed E-state index contributed by atoms with van der Waals surface area (Å²) in [5, 5.41) is 5.03. The van der Waals surface area contributed by atoms with Crippen molar-refractivity contribution in [3.05, 3.63) is 23.2 Å². The van der Waals surface area contributed by atoms with E-state index in [1.807, 2.05) is 18.2 Å². The lowest BCUT2D eigenvalue weighted by molar-refractivity contribution is 0.110. The highest BCUT2D eigenvalue weighted by atomic mass is 35.5. The van der Waals surface area contributed by atoms with E-state index in [0.29, 0.717) is 5.92 Å². The van der Waals surface area contributed by atoms with Crippen LogP contribution in [0, 0.1) is 5.92 Å². The topological polar surface area (TPSA) is 34.1 Å². The maximum Gasteiger partial charge on any atom is 0.183 e. The Morgan fingerprint density at radius 2 is 2.26 bits per heavy atom. The Labute approximate surface area is 122 Å². The average molecular weight is 299 g/mol. The van der Waals surface area contributed by atoms with Gasteiger partial charge < -0.3 is 10.1 Å². The van der Waals surface area contributed by atoms with Gasteiger partial charge in [0.2, 0.25) is 0 Å². The van der Waals surface area contributed by atoms with Crippen LogP contribution >= 0.6 is 22.9 Å². The van der Waals surface area contributed by atoms with Gasteiger partial charge in [-0.15, -0.1) is 0 Å². The van der Waals surface area contributed by atoms with Crippen LogP contribution in [0.5, 0.6) is 0 Å². The maximum atomic E-state index is 5.96. The van der Waals surface area contributed by atoms with Gasteiger partial charge in [0.15, 0.2) is 5.13 Å². The number of hydrogen-bond acceptors (Lipinski definition) is 4. The molecule has 0 bridgehead atoms. The number of halogens is 1. The molecule has 3 nitrogen and oxygen atoms in total. The standard InChI is InChI=1S/C14H19ClN2OS/c1-10(2)9-18-7-3-6-16-14-17-12-5-4-11(15)8-13(12)19-14/h4-5,8,10H,3,6-7,9H2,1-2H3,(H,16,17). The molecule has 0 saturated heterocycles. The van der Waals surface area contributed by atoms with Crippen molar-refractivity contribution < 1.29 is 4.74 Å². The second-order valence-corrected chi connectivity index (χ2v) is 6.35. The number of aromatic nitrogens is 1. The van der Waals surface area contributed by atoms with Crippen LogP contribution in [0.3, 0.4) is 0 Å². The Morgan fingerprint density at radius 3 is 3.05 bits per heavy atom.